The molecule has 0 unspecified atom stereocenters. The fraction of sp³-hybridized carbons (Fsp3) is 0.0714. The second-order valence-electron chi connectivity index (χ2n) is 3.59. The zero-order valence-corrected chi connectivity index (χ0v) is 10.1. The summed E-state index contributed by atoms with van der Waals surface area (Å²) in [5.74, 6) is -0.365. The Kier molecular flexibility index (Phi) is 3.73. The zero-order chi connectivity index (χ0) is 12.1. The molecule has 0 aliphatic rings. The van der Waals surface area contributed by atoms with E-state index in [-0.39, 0.29) is 5.97 Å². The van der Waals surface area contributed by atoms with Crippen molar-refractivity contribution in [2.45, 2.75) is 6.42 Å². The van der Waals surface area contributed by atoms with E-state index in [1.54, 1.807) is 6.07 Å². The Morgan fingerprint density at radius 3 is 2.59 bits per heavy atom. The molecule has 1 aromatic heterocycles. The van der Waals surface area contributed by atoms with Crippen LogP contribution in [0.1, 0.15) is 5.56 Å². The molecule has 0 atom stereocenters. The summed E-state index contributed by atoms with van der Waals surface area (Å²) >= 11 is 1.39. The SMILES string of the molecule is C=C(Cc1ccccc1)C(=O)Oc1cccs1. The van der Waals surface area contributed by atoms with E-state index < -0.39 is 0 Å². The molecule has 0 fully saturated rings. The van der Waals surface area contributed by atoms with E-state index >= 15 is 0 Å². The molecule has 0 radical (unpaired) electrons. The fourth-order valence-corrected chi connectivity index (χ4v) is 1.97. The van der Waals surface area contributed by atoms with E-state index in [4.69, 9.17) is 4.74 Å². The van der Waals surface area contributed by atoms with Crippen molar-refractivity contribution in [1.82, 2.24) is 0 Å². The van der Waals surface area contributed by atoms with Crippen LogP contribution in [0.2, 0.25) is 0 Å². The molecule has 86 valence electrons. The lowest BCUT2D eigenvalue weighted by Gasteiger charge is -2.04. The summed E-state index contributed by atoms with van der Waals surface area (Å²) in [6.45, 7) is 3.76. The van der Waals surface area contributed by atoms with Gasteiger partial charge in [0.15, 0.2) is 5.06 Å². The van der Waals surface area contributed by atoms with Gasteiger partial charge < -0.3 is 4.74 Å². The van der Waals surface area contributed by atoms with E-state index in [0.29, 0.717) is 17.1 Å². The van der Waals surface area contributed by atoms with Gasteiger partial charge in [-0.25, -0.2) is 4.79 Å². The van der Waals surface area contributed by atoms with Gasteiger partial charge in [0.1, 0.15) is 0 Å². The molecule has 2 rings (SSSR count). The highest BCUT2D eigenvalue weighted by molar-refractivity contribution is 7.11. The number of carbonyl (C=O) groups excluding carboxylic acids is 1. The third-order valence-electron chi connectivity index (χ3n) is 2.24. The molecule has 0 aliphatic heterocycles. The van der Waals surface area contributed by atoms with Crippen molar-refractivity contribution in [3.05, 3.63) is 65.6 Å². The van der Waals surface area contributed by atoms with Gasteiger partial charge in [-0.2, -0.15) is 0 Å². The number of esters is 1. The highest BCUT2D eigenvalue weighted by Gasteiger charge is 2.10. The molecule has 0 saturated carbocycles. The number of thiophene rings is 1. The molecule has 0 bridgehead atoms. The summed E-state index contributed by atoms with van der Waals surface area (Å²) < 4.78 is 5.17. The molecule has 2 aromatic rings. The van der Waals surface area contributed by atoms with Crippen molar-refractivity contribution >= 4 is 17.3 Å². The molecular formula is C14H12O2S. The highest BCUT2D eigenvalue weighted by Crippen LogP contribution is 2.19. The number of ether oxygens (including phenoxy) is 1. The predicted octanol–water partition coefficient (Wildman–Crippen LogP) is 3.45. The van der Waals surface area contributed by atoms with Gasteiger partial charge >= 0.3 is 5.97 Å². The van der Waals surface area contributed by atoms with Crippen LogP contribution in [-0.2, 0) is 11.2 Å². The smallest absolute Gasteiger partial charge is 0.339 e. The minimum Gasteiger partial charge on any atom is -0.412 e. The third-order valence-corrected chi connectivity index (χ3v) is 2.98. The zero-order valence-electron chi connectivity index (χ0n) is 9.26. The van der Waals surface area contributed by atoms with Crippen LogP contribution in [0.5, 0.6) is 5.06 Å². The van der Waals surface area contributed by atoms with Crippen LogP contribution in [-0.4, -0.2) is 5.97 Å². The van der Waals surface area contributed by atoms with Crippen molar-refractivity contribution in [2.24, 2.45) is 0 Å². The lowest BCUT2D eigenvalue weighted by Crippen LogP contribution is -2.11. The third kappa shape index (κ3) is 3.29. The number of hydrogen-bond acceptors (Lipinski definition) is 3. The Labute approximate surface area is 104 Å². The van der Waals surface area contributed by atoms with Crippen LogP contribution >= 0.6 is 11.3 Å². The summed E-state index contributed by atoms with van der Waals surface area (Å²) in [7, 11) is 0. The molecule has 1 aromatic carbocycles. The Hall–Kier alpha value is -1.87. The molecule has 1 heterocycles. The van der Waals surface area contributed by atoms with Crippen LogP contribution in [0.15, 0.2) is 60.0 Å². The number of hydrogen-bond donors (Lipinski definition) is 0. The number of benzene rings is 1. The Balaban J connectivity index is 1.94. The first-order valence-corrected chi connectivity index (χ1v) is 6.11. The molecule has 0 aliphatic carbocycles. The summed E-state index contributed by atoms with van der Waals surface area (Å²) in [4.78, 5) is 11.7. The molecule has 3 heteroatoms. The predicted molar refractivity (Wildman–Crippen MR) is 69.2 cm³/mol. The Bertz CT molecular complexity index is 500. The molecule has 0 saturated heterocycles. The van der Waals surface area contributed by atoms with Crippen molar-refractivity contribution in [1.29, 1.82) is 0 Å². The minimum atomic E-state index is -0.365. The van der Waals surface area contributed by atoms with Gasteiger partial charge in [0.05, 0.1) is 0 Å². The monoisotopic (exact) mass is 244 g/mol. The molecular weight excluding hydrogens is 232 g/mol. The lowest BCUT2D eigenvalue weighted by atomic mass is 10.1. The maximum absolute atomic E-state index is 11.7. The van der Waals surface area contributed by atoms with Crippen molar-refractivity contribution < 1.29 is 9.53 Å². The van der Waals surface area contributed by atoms with E-state index in [9.17, 15) is 4.79 Å². The lowest BCUT2D eigenvalue weighted by molar-refractivity contribution is -0.130. The van der Waals surface area contributed by atoms with Gasteiger partial charge in [-0.05, 0) is 23.1 Å². The Morgan fingerprint density at radius 2 is 1.94 bits per heavy atom. The van der Waals surface area contributed by atoms with Gasteiger partial charge in [-0.3, -0.25) is 0 Å². The molecule has 0 spiro atoms. The van der Waals surface area contributed by atoms with Gasteiger partial charge in [0.25, 0.3) is 0 Å². The van der Waals surface area contributed by atoms with E-state index in [0.717, 1.165) is 5.56 Å². The second kappa shape index (κ2) is 5.46. The van der Waals surface area contributed by atoms with Crippen LogP contribution in [0.25, 0.3) is 0 Å². The van der Waals surface area contributed by atoms with Gasteiger partial charge in [0.2, 0.25) is 0 Å². The quantitative estimate of drug-likeness (QED) is 0.608. The first-order valence-electron chi connectivity index (χ1n) is 5.23. The van der Waals surface area contributed by atoms with Crippen molar-refractivity contribution in [3.8, 4) is 5.06 Å². The first-order chi connectivity index (χ1) is 8.25. The summed E-state index contributed by atoms with van der Waals surface area (Å²) in [5, 5.41) is 2.46. The van der Waals surface area contributed by atoms with Gasteiger partial charge in [0, 0.05) is 12.0 Å². The first kappa shape index (κ1) is 11.6. The maximum Gasteiger partial charge on any atom is 0.339 e. The van der Waals surface area contributed by atoms with Crippen molar-refractivity contribution in [3.63, 3.8) is 0 Å². The number of rotatable bonds is 4. The number of carbonyl (C=O) groups is 1. The van der Waals surface area contributed by atoms with Crippen LogP contribution in [0, 0.1) is 0 Å². The second-order valence-corrected chi connectivity index (χ2v) is 4.50. The fourth-order valence-electron chi connectivity index (χ4n) is 1.40. The average molecular weight is 244 g/mol. The maximum atomic E-state index is 11.7. The van der Waals surface area contributed by atoms with E-state index in [1.165, 1.54) is 11.3 Å². The highest BCUT2D eigenvalue weighted by atomic mass is 32.1. The van der Waals surface area contributed by atoms with Gasteiger partial charge in [-0.15, -0.1) is 11.3 Å². The van der Waals surface area contributed by atoms with Crippen LogP contribution < -0.4 is 4.74 Å². The largest absolute Gasteiger partial charge is 0.412 e. The topological polar surface area (TPSA) is 26.3 Å². The van der Waals surface area contributed by atoms with E-state index in [1.807, 2.05) is 41.8 Å². The summed E-state index contributed by atoms with van der Waals surface area (Å²) in [6, 6.07) is 13.3. The minimum absolute atomic E-state index is 0.365. The molecule has 0 N–H and O–H groups in total. The summed E-state index contributed by atoms with van der Waals surface area (Å²) in [5.41, 5.74) is 1.52. The summed E-state index contributed by atoms with van der Waals surface area (Å²) in [6.07, 6.45) is 0.519. The van der Waals surface area contributed by atoms with Crippen LogP contribution in [0.4, 0.5) is 0 Å². The normalized spacial score (nSPS) is 9.88. The van der Waals surface area contributed by atoms with Crippen molar-refractivity contribution in [2.75, 3.05) is 0 Å². The molecule has 2 nitrogen and oxygen atoms in total. The molecule has 0 amide bonds. The Morgan fingerprint density at radius 1 is 1.18 bits per heavy atom. The molecule has 17 heavy (non-hydrogen) atoms. The average Bonchev–Trinajstić information content (AvgIpc) is 2.83. The van der Waals surface area contributed by atoms with Gasteiger partial charge in [-0.1, -0.05) is 36.9 Å². The van der Waals surface area contributed by atoms with E-state index in [2.05, 4.69) is 6.58 Å². The standard InChI is InChI=1S/C14H12O2S/c1-11(10-12-6-3-2-4-7-12)14(15)16-13-8-5-9-17-13/h2-9H,1,10H2. The van der Waals surface area contributed by atoms with Crippen LogP contribution in [0.3, 0.4) is 0 Å².